The number of aromatic nitrogens is 2. The minimum absolute atomic E-state index is 0.635. The molecule has 5 nitrogen and oxygen atoms in total. The van der Waals surface area contributed by atoms with Gasteiger partial charge in [-0.15, -0.1) is 0 Å². The fourth-order valence-corrected chi connectivity index (χ4v) is 1.02. The molecule has 0 saturated heterocycles. The van der Waals surface area contributed by atoms with E-state index in [1.165, 1.54) is 0 Å². The SMILES string of the molecule is CNc1c(N)cnn1CCOC. The number of hydrogen-bond acceptors (Lipinski definition) is 4. The van der Waals surface area contributed by atoms with Gasteiger partial charge in [-0.1, -0.05) is 0 Å². The normalized spacial score (nSPS) is 10.2. The molecule has 0 radical (unpaired) electrons. The Morgan fingerprint density at radius 2 is 2.50 bits per heavy atom. The zero-order valence-electron chi connectivity index (χ0n) is 7.37. The Kier molecular flexibility index (Phi) is 2.93. The molecule has 5 heteroatoms. The van der Waals surface area contributed by atoms with E-state index in [4.69, 9.17) is 10.5 Å². The van der Waals surface area contributed by atoms with Crippen LogP contribution < -0.4 is 11.1 Å². The summed E-state index contributed by atoms with van der Waals surface area (Å²) < 4.78 is 6.70. The summed E-state index contributed by atoms with van der Waals surface area (Å²) in [5.41, 5.74) is 6.30. The van der Waals surface area contributed by atoms with Crippen molar-refractivity contribution < 1.29 is 4.74 Å². The summed E-state index contributed by atoms with van der Waals surface area (Å²) in [6, 6.07) is 0. The van der Waals surface area contributed by atoms with Gasteiger partial charge in [0, 0.05) is 14.2 Å². The Balaban J connectivity index is 2.70. The number of anilines is 2. The summed E-state index contributed by atoms with van der Waals surface area (Å²) in [6.45, 7) is 1.35. The molecule has 1 aromatic rings. The van der Waals surface area contributed by atoms with Gasteiger partial charge in [-0.05, 0) is 0 Å². The molecule has 3 N–H and O–H groups in total. The molecule has 0 unspecified atom stereocenters. The third-order valence-electron chi connectivity index (χ3n) is 1.61. The minimum atomic E-state index is 0.635. The first-order valence-electron chi connectivity index (χ1n) is 3.77. The molecule has 0 atom stereocenters. The molecular weight excluding hydrogens is 156 g/mol. The van der Waals surface area contributed by atoms with E-state index in [1.54, 1.807) is 18.0 Å². The molecule has 0 saturated carbocycles. The van der Waals surface area contributed by atoms with E-state index < -0.39 is 0 Å². The monoisotopic (exact) mass is 170 g/mol. The van der Waals surface area contributed by atoms with Crippen LogP contribution in [0.1, 0.15) is 0 Å². The van der Waals surface area contributed by atoms with Crippen molar-refractivity contribution in [2.45, 2.75) is 6.54 Å². The van der Waals surface area contributed by atoms with Crippen molar-refractivity contribution in [3.8, 4) is 0 Å². The molecule has 1 heterocycles. The minimum Gasteiger partial charge on any atom is -0.394 e. The topological polar surface area (TPSA) is 65.1 Å². The largest absolute Gasteiger partial charge is 0.394 e. The Hall–Kier alpha value is -1.23. The van der Waals surface area contributed by atoms with Crippen molar-refractivity contribution in [3.05, 3.63) is 6.20 Å². The van der Waals surface area contributed by atoms with E-state index in [-0.39, 0.29) is 0 Å². The lowest BCUT2D eigenvalue weighted by atomic mass is 10.5. The maximum Gasteiger partial charge on any atom is 0.147 e. The third-order valence-corrected chi connectivity index (χ3v) is 1.61. The molecule has 0 aliphatic carbocycles. The van der Waals surface area contributed by atoms with Crippen LogP contribution in [0, 0.1) is 0 Å². The Morgan fingerprint density at radius 3 is 3.08 bits per heavy atom. The van der Waals surface area contributed by atoms with Crippen LogP contribution in [0.4, 0.5) is 11.5 Å². The second-order valence-electron chi connectivity index (χ2n) is 2.41. The van der Waals surface area contributed by atoms with Crippen molar-refractivity contribution in [2.75, 3.05) is 31.8 Å². The van der Waals surface area contributed by atoms with E-state index in [2.05, 4.69) is 10.4 Å². The second kappa shape index (κ2) is 3.96. The van der Waals surface area contributed by atoms with E-state index >= 15 is 0 Å². The van der Waals surface area contributed by atoms with Gasteiger partial charge in [0.2, 0.25) is 0 Å². The summed E-state index contributed by atoms with van der Waals surface area (Å²) in [5, 5.41) is 7.05. The zero-order chi connectivity index (χ0) is 8.97. The molecule has 68 valence electrons. The average Bonchev–Trinajstić information content (AvgIpc) is 2.43. The molecule has 0 bridgehead atoms. The molecule has 0 fully saturated rings. The van der Waals surface area contributed by atoms with Gasteiger partial charge in [0.05, 0.1) is 25.0 Å². The van der Waals surface area contributed by atoms with Gasteiger partial charge >= 0.3 is 0 Å². The van der Waals surface area contributed by atoms with Crippen LogP contribution >= 0.6 is 0 Å². The predicted octanol–water partition coefficient (Wildman–Crippen LogP) is 0.153. The van der Waals surface area contributed by atoms with Crippen LogP contribution in [0.15, 0.2) is 6.20 Å². The van der Waals surface area contributed by atoms with Crippen molar-refractivity contribution in [2.24, 2.45) is 0 Å². The van der Waals surface area contributed by atoms with Crippen LogP contribution in [0.5, 0.6) is 0 Å². The fourth-order valence-electron chi connectivity index (χ4n) is 1.02. The number of hydrogen-bond donors (Lipinski definition) is 2. The zero-order valence-corrected chi connectivity index (χ0v) is 7.37. The van der Waals surface area contributed by atoms with Crippen LogP contribution in [0.25, 0.3) is 0 Å². The molecule has 0 amide bonds. The Bertz CT molecular complexity index is 246. The van der Waals surface area contributed by atoms with Crippen LogP contribution in [0.3, 0.4) is 0 Å². The highest BCUT2D eigenvalue weighted by molar-refractivity contribution is 5.60. The number of nitrogens with zero attached hydrogens (tertiary/aromatic N) is 2. The summed E-state index contributed by atoms with van der Waals surface area (Å²) in [5.74, 6) is 0.840. The van der Waals surface area contributed by atoms with Crippen molar-refractivity contribution in [1.29, 1.82) is 0 Å². The van der Waals surface area contributed by atoms with Gasteiger partial charge in [0.1, 0.15) is 5.82 Å². The van der Waals surface area contributed by atoms with Crippen molar-refractivity contribution in [1.82, 2.24) is 9.78 Å². The van der Waals surface area contributed by atoms with Crippen LogP contribution in [-0.4, -0.2) is 30.5 Å². The first-order chi connectivity index (χ1) is 5.79. The maximum atomic E-state index is 5.64. The molecule has 1 aromatic heterocycles. The van der Waals surface area contributed by atoms with E-state index in [1.807, 2.05) is 7.05 Å². The highest BCUT2D eigenvalue weighted by atomic mass is 16.5. The van der Waals surface area contributed by atoms with Gasteiger partial charge in [-0.25, -0.2) is 4.68 Å². The third kappa shape index (κ3) is 1.68. The number of nitrogens with one attached hydrogen (secondary N) is 1. The fraction of sp³-hybridized carbons (Fsp3) is 0.571. The molecule has 0 spiro atoms. The Morgan fingerprint density at radius 1 is 1.75 bits per heavy atom. The van der Waals surface area contributed by atoms with Gasteiger partial charge in [0.15, 0.2) is 0 Å². The molecular formula is C7H14N4O. The molecule has 0 aromatic carbocycles. The number of rotatable bonds is 4. The van der Waals surface area contributed by atoms with Gasteiger partial charge in [0.25, 0.3) is 0 Å². The number of nitrogens with two attached hydrogens (primary N) is 1. The van der Waals surface area contributed by atoms with E-state index in [9.17, 15) is 0 Å². The van der Waals surface area contributed by atoms with Gasteiger partial charge in [-0.2, -0.15) is 5.10 Å². The maximum absolute atomic E-state index is 5.64. The highest BCUT2D eigenvalue weighted by Gasteiger charge is 2.04. The second-order valence-corrected chi connectivity index (χ2v) is 2.41. The first-order valence-corrected chi connectivity index (χ1v) is 3.77. The molecule has 12 heavy (non-hydrogen) atoms. The van der Waals surface area contributed by atoms with Gasteiger partial charge < -0.3 is 15.8 Å². The van der Waals surface area contributed by atoms with E-state index in [0.717, 1.165) is 5.82 Å². The Labute approximate surface area is 71.5 Å². The van der Waals surface area contributed by atoms with E-state index in [0.29, 0.717) is 18.8 Å². The summed E-state index contributed by atoms with van der Waals surface area (Å²) >= 11 is 0. The molecule has 0 aliphatic rings. The smallest absolute Gasteiger partial charge is 0.147 e. The molecule has 0 aliphatic heterocycles. The summed E-state index contributed by atoms with van der Waals surface area (Å²) in [6.07, 6.45) is 1.63. The number of nitrogen functional groups attached to an aromatic ring is 1. The predicted molar refractivity (Wildman–Crippen MR) is 48.1 cm³/mol. The standard InChI is InChI=1S/C7H14N4O/c1-9-7-6(8)5-10-11(7)3-4-12-2/h5,9H,3-4,8H2,1-2H3. The summed E-state index contributed by atoms with van der Waals surface area (Å²) in [4.78, 5) is 0. The lowest BCUT2D eigenvalue weighted by molar-refractivity contribution is 0.184. The lowest BCUT2D eigenvalue weighted by Crippen LogP contribution is -2.09. The lowest BCUT2D eigenvalue weighted by Gasteiger charge is -2.05. The van der Waals surface area contributed by atoms with Crippen molar-refractivity contribution in [3.63, 3.8) is 0 Å². The highest BCUT2D eigenvalue weighted by Crippen LogP contribution is 2.15. The molecule has 1 rings (SSSR count). The first kappa shape index (κ1) is 8.86. The quantitative estimate of drug-likeness (QED) is 0.675. The van der Waals surface area contributed by atoms with Gasteiger partial charge in [-0.3, -0.25) is 0 Å². The van der Waals surface area contributed by atoms with Crippen LogP contribution in [0.2, 0.25) is 0 Å². The summed E-state index contributed by atoms with van der Waals surface area (Å²) in [7, 11) is 3.47. The number of ether oxygens (including phenoxy) is 1. The number of methoxy groups -OCH3 is 1. The average molecular weight is 170 g/mol. The van der Waals surface area contributed by atoms with Crippen LogP contribution in [-0.2, 0) is 11.3 Å². The van der Waals surface area contributed by atoms with Crippen molar-refractivity contribution >= 4 is 11.5 Å².